The standard InChI is InChI=1S/C18H40O2Si/c1-6-9-10-11-12-13-14-15-16-19-21(4,5)20-17-18(7-2)8-3/h18H,6-17H2,1-5H3. The van der Waals surface area contributed by atoms with Crippen LogP contribution in [0.5, 0.6) is 0 Å². The predicted molar refractivity (Wildman–Crippen MR) is 96.1 cm³/mol. The summed E-state index contributed by atoms with van der Waals surface area (Å²) in [6.07, 6.45) is 13.2. The minimum absolute atomic E-state index is 0.698. The zero-order valence-electron chi connectivity index (χ0n) is 15.4. The Bertz CT molecular complexity index is 215. The van der Waals surface area contributed by atoms with Gasteiger partial charge in [-0.05, 0) is 25.4 Å². The molecule has 0 aliphatic heterocycles. The van der Waals surface area contributed by atoms with Gasteiger partial charge in [0.2, 0.25) is 0 Å². The molecule has 0 unspecified atom stereocenters. The maximum absolute atomic E-state index is 6.06. The average molecular weight is 317 g/mol. The molecule has 0 aromatic carbocycles. The fourth-order valence-electron chi connectivity index (χ4n) is 2.44. The Morgan fingerprint density at radius 3 is 1.76 bits per heavy atom. The lowest BCUT2D eigenvalue weighted by Crippen LogP contribution is -2.36. The van der Waals surface area contributed by atoms with E-state index in [0.29, 0.717) is 5.92 Å². The van der Waals surface area contributed by atoms with E-state index in [2.05, 4.69) is 33.9 Å². The lowest BCUT2D eigenvalue weighted by molar-refractivity contribution is 0.148. The second-order valence-electron chi connectivity index (χ2n) is 6.72. The number of hydrogen-bond donors (Lipinski definition) is 0. The second-order valence-corrected chi connectivity index (χ2v) is 10.1. The fraction of sp³-hybridized carbons (Fsp3) is 1.00. The first-order valence-corrected chi connectivity index (χ1v) is 12.1. The third-order valence-corrected chi connectivity index (χ3v) is 6.03. The first kappa shape index (κ1) is 21.1. The van der Waals surface area contributed by atoms with Gasteiger partial charge >= 0.3 is 8.56 Å². The molecule has 0 N–H and O–H groups in total. The van der Waals surface area contributed by atoms with Gasteiger partial charge in [-0.1, -0.05) is 78.6 Å². The van der Waals surface area contributed by atoms with Gasteiger partial charge in [0.05, 0.1) is 0 Å². The van der Waals surface area contributed by atoms with Crippen molar-refractivity contribution in [3.05, 3.63) is 0 Å². The Kier molecular flexibility index (Phi) is 13.9. The van der Waals surface area contributed by atoms with Gasteiger partial charge in [-0.3, -0.25) is 0 Å². The van der Waals surface area contributed by atoms with Gasteiger partial charge in [0.25, 0.3) is 0 Å². The van der Waals surface area contributed by atoms with Gasteiger partial charge in [-0.15, -0.1) is 0 Å². The van der Waals surface area contributed by atoms with E-state index in [1.54, 1.807) is 0 Å². The van der Waals surface area contributed by atoms with Crippen LogP contribution in [0, 0.1) is 5.92 Å². The van der Waals surface area contributed by atoms with Crippen molar-refractivity contribution in [2.75, 3.05) is 13.2 Å². The van der Waals surface area contributed by atoms with Crippen molar-refractivity contribution in [1.29, 1.82) is 0 Å². The molecule has 0 radical (unpaired) electrons. The van der Waals surface area contributed by atoms with Gasteiger partial charge in [0, 0.05) is 13.2 Å². The summed E-state index contributed by atoms with van der Waals surface area (Å²) in [7, 11) is -1.88. The highest BCUT2D eigenvalue weighted by Crippen LogP contribution is 2.15. The monoisotopic (exact) mass is 316 g/mol. The molecular weight excluding hydrogens is 276 g/mol. The molecule has 0 aliphatic rings. The molecule has 0 heterocycles. The molecule has 0 aromatic heterocycles. The summed E-state index contributed by atoms with van der Waals surface area (Å²) >= 11 is 0. The van der Waals surface area contributed by atoms with Crippen LogP contribution in [0.1, 0.15) is 85.0 Å². The molecule has 0 spiro atoms. The number of hydrogen-bond acceptors (Lipinski definition) is 2. The molecule has 0 aromatic rings. The number of rotatable bonds is 15. The van der Waals surface area contributed by atoms with Crippen LogP contribution in [-0.4, -0.2) is 21.8 Å². The molecule has 0 fully saturated rings. The Morgan fingerprint density at radius 2 is 1.24 bits per heavy atom. The van der Waals surface area contributed by atoms with E-state index < -0.39 is 8.56 Å². The molecular formula is C18H40O2Si. The van der Waals surface area contributed by atoms with Crippen molar-refractivity contribution >= 4 is 8.56 Å². The van der Waals surface area contributed by atoms with Gasteiger partial charge in [0.15, 0.2) is 0 Å². The van der Waals surface area contributed by atoms with E-state index in [1.807, 2.05) is 0 Å². The largest absolute Gasteiger partial charge is 0.395 e. The first-order valence-electron chi connectivity index (χ1n) is 9.33. The van der Waals surface area contributed by atoms with Crippen LogP contribution in [0.2, 0.25) is 13.1 Å². The third kappa shape index (κ3) is 13.5. The van der Waals surface area contributed by atoms with E-state index in [1.165, 1.54) is 64.2 Å². The Hall–Kier alpha value is 0.137. The van der Waals surface area contributed by atoms with Gasteiger partial charge in [-0.25, -0.2) is 0 Å². The van der Waals surface area contributed by atoms with Gasteiger partial charge < -0.3 is 8.85 Å². The Morgan fingerprint density at radius 1 is 0.714 bits per heavy atom. The quantitative estimate of drug-likeness (QED) is 0.261. The van der Waals surface area contributed by atoms with Crippen molar-refractivity contribution < 1.29 is 8.85 Å². The molecule has 2 nitrogen and oxygen atoms in total. The van der Waals surface area contributed by atoms with Crippen molar-refractivity contribution in [3.8, 4) is 0 Å². The minimum atomic E-state index is -1.88. The SMILES string of the molecule is CCCCCCCCCCO[Si](C)(C)OCC(CC)CC. The van der Waals surface area contributed by atoms with E-state index >= 15 is 0 Å². The van der Waals surface area contributed by atoms with Gasteiger partial charge in [0.1, 0.15) is 0 Å². The van der Waals surface area contributed by atoms with Crippen LogP contribution in [0.25, 0.3) is 0 Å². The molecule has 0 saturated heterocycles. The summed E-state index contributed by atoms with van der Waals surface area (Å²) in [4.78, 5) is 0. The topological polar surface area (TPSA) is 18.5 Å². The summed E-state index contributed by atoms with van der Waals surface area (Å²) in [5, 5.41) is 0. The van der Waals surface area contributed by atoms with Crippen molar-refractivity contribution in [2.45, 2.75) is 98.1 Å². The van der Waals surface area contributed by atoms with Gasteiger partial charge in [-0.2, -0.15) is 0 Å². The van der Waals surface area contributed by atoms with Crippen LogP contribution in [0.15, 0.2) is 0 Å². The van der Waals surface area contributed by atoms with Crippen LogP contribution in [0.4, 0.5) is 0 Å². The zero-order valence-corrected chi connectivity index (χ0v) is 16.4. The molecule has 0 bridgehead atoms. The smallest absolute Gasteiger partial charge is 0.331 e. The van der Waals surface area contributed by atoms with Crippen LogP contribution in [-0.2, 0) is 8.85 Å². The van der Waals surface area contributed by atoms with E-state index in [-0.39, 0.29) is 0 Å². The summed E-state index contributed by atoms with van der Waals surface area (Å²) in [6, 6.07) is 0. The Labute approximate surface area is 135 Å². The van der Waals surface area contributed by atoms with Crippen LogP contribution >= 0.6 is 0 Å². The van der Waals surface area contributed by atoms with Crippen molar-refractivity contribution in [3.63, 3.8) is 0 Å². The predicted octanol–water partition coefficient (Wildman–Crippen LogP) is 6.30. The van der Waals surface area contributed by atoms with Crippen LogP contribution in [0.3, 0.4) is 0 Å². The lowest BCUT2D eigenvalue weighted by atomic mass is 10.1. The number of unbranched alkanes of at least 4 members (excludes halogenated alkanes) is 7. The molecule has 128 valence electrons. The molecule has 0 aliphatic carbocycles. The second kappa shape index (κ2) is 13.8. The average Bonchev–Trinajstić information content (AvgIpc) is 2.46. The van der Waals surface area contributed by atoms with Crippen molar-refractivity contribution in [2.24, 2.45) is 5.92 Å². The maximum Gasteiger partial charge on any atom is 0.331 e. The molecule has 3 heteroatoms. The maximum atomic E-state index is 6.06. The third-order valence-electron chi connectivity index (χ3n) is 4.27. The van der Waals surface area contributed by atoms with E-state index in [4.69, 9.17) is 8.85 Å². The fourth-order valence-corrected chi connectivity index (χ4v) is 3.79. The zero-order chi connectivity index (χ0) is 16.0. The highest BCUT2D eigenvalue weighted by Gasteiger charge is 2.25. The first-order chi connectivity index (χ1) is 10.1. The molecule has 0 atom stereocenters. The molecule has 0 rings (SSSR count). The van der Waals surface area contributed by atoms with E-state index in [9.17, 15) is 0 Å². The normalized spacial score (nSPS) is 12.3. The molecule has 0 amide bonds. The Balaban J connectivity index is 3.48. The lowest BCUT2D eigenvalue weighted by Gasteiger charge is -2.25. The summed E-state index contributed by atoms with van der Waals surface area (Å²) in [5.41, 5.74) is 0. The van der Waals surface area contributed by atoms with E-state index in [0.717, 1.165) is 13.2 Å². The molecule has 21 heavy (non-hydrogen) atoms. The highest BCUT2D eigenvalue weighted by molar-refractivity contribution is 6.64. The van der Waals surface area contributed by atoms with Crippen molar-refractivity contribution in [1.82, 2.24) is 0 Å². The molecule has 0 saturated carbocycles. The summed E-state index contributed by atoms with van der Waals surface area (Å²) in [6.45, 7) is 12.9. The highest BCUT2D eigenvalue weighted by atomic mass is 28.4. The van der Waals surface area contributed by atoms with Crippen LogP contribution < -0.4 is 0 Å². The minimum Gasteiger partial charge on any atom is -0.395 e. The summed E-state index contributed by atoms with van der Waals surface area (Å²) in [5.74, 6) is 0.698. The summed E-state index contributed by atoms with van der Waals surface area (Å²) < 4.78 is 12.1.